The molecule has 2 aromatic rings. The third kappa shape index (κ3) is 4.17. The first-order chi connectivity index (χ1) is 9.83. The van der Waals surface area contributed by atoms with Gasteiger partial charge in [-0.2, -0.15) is 0 Å². The van der Waals surface area contributed by atoms with Crippen LogP contribution in [-0.2, 0) is 17.9 Å². The van der Waals surface area contributed by atoms with Crippen LogP contribution in [0, 0.1) is 0 Å². The Hall–Kier alpha value is -1.68. The fourth-order valence-electron chi connectivity index (χ4n) is 2.13. The van der Waals surface area contributed by atoms with Crippen LogP contribution < -0.4 is 5.32 Å². The van der Waals surface area contributed by atoms with Crippen LogP contribution >= 0.6 is 0 Å². The van der Waals surface area contributed by atoms with Gasteiger partial charge in [0.05, 0.1) is 19.3 Å². The van der Waals surface area contributed by atoms with E-state index in [-0.39, 0.29) is 12.6 Å². The lowest BCUT2D eigenvalue weighted by atomic mass is 10.1. The molecule has 1 atom stereocenters. The zero-order valence-corrected chi connectivity index (χ0v) is 11.8. The second kappa shape index (κ2) is 7.80. The average molecular weight is 271 g/mol. The predicted molar refractivity (Wildman–Crippen MR) is 80.3 cm³/mol. The molecule has 0 aromatic heterocycles. The van der Waals surface area contributed by atoms with Crippen LogP contribution in [0.5, 0.6) is 0 Å². The summed E-state index contributed by atoms with van der Waals surface area (Å²) in [5.41, 5.74) is 3.46. The number of hydrogen-bond acceptors (Lipinski definition) is 3. The lowest BCUT2D eigenvalue weighted by Crippen LogP contribution is -2.23. The number of hydrogen-bond donors (Lipinski definition) is 2. The standard InChI is InChI=1S/C17H21NO2/c1-20-13-15-9-7-14(8-10-15)11-18-17(12-19)16-5-3-2-4-6-16/h2-10,17-19H,11-13H2,1H3/t17-/m0/s1. The van der Waals surface area contributed by atoms with Crippen molar-refractivity contribution < 1.29 is 9.84 Å². The Morgan fingerprint density at radius 3 is 2.25 bits per heavy atom. The van der Waals surface area contributed by atoms with Crippen molar-refractivity contribution >= 4 is 0 Å². The molecule has 20 heavy (non-hydrogen) atoms. The van der Waals surface area contributed by atoms with Crippen LogP contribution in [0.1, 0.15) is 22.7 Å². The predicted octanol–water partition coefficient (Wildman–Crippen LogP) is 2.66. The SMILES string of the molecule is COCc1ccc(CN[C@@H](CO)c2ccccc2)cc1. The molecule has 0 bridgehead atoms. The Kier molecular flexibility index (Phi) is 5.74. The molecule has 106 valence electrons. The summed E-state index contributed by atoms with van der Waals surface area (Å²) < 4.78 is 5.09. The van der Waals surface area contributed by atoms with Gasteiger partial charge in [-0.15, -0.1) is 0 Å². The molecule has 0 unspecified atom stereocenters. The van der Waals surface area contributed by atoms with E-state index < -0.39 is 0 Å². The number of aliphatic hydroxyl groups excluding tert-OH is 1. The third-order valence-electron chi connectivity index (χ3n) is 3.27. The molecule has 0 radical (unpaired) electrons. The second-order valence-electron chi connectivity index (χ2n) is 4.78. The molecule has 3 heteroatoms. The third-order valence-corrected chi connectivity index (χ3v) is 3.27. The van der Waals surface area contributed by atoms with Crippen molar-refractivity contribution in [3.05, 3.63) is 71.3 Å². The highest BCUT2D eigenvalue weighted by Gasteiger charge is 2.08. The van der Waals surface area contributed by atoms with E-state index in [0.29, 0.717) is 6.61 Å². The van der Waals surface area contributed by atoms with Gasteiger partial charge in [-0.25, -0.2) is 0 Å². The molecule has 2 rings (SSSR count). The van der Waals surface area contributed by atoms with E-state index in [4.69, 9.17) is 4.74 Å². The fraction of sp³-hybridized carbons (Fsp3) is 0.294. The van der Waals surface area contributed by atoms with Crippen LogP contribution in [0.15, 0.2) is 54.6 Å². The van der Waals surface area contributed by atoms with E-state index in [2.05, 4.69) is 29.6 Å². The second-order valence-corrected chi connectivity index (χ2v) is 4.78. The minimum atomic E-state index is -0.0325. The van der Waals surface area contributed by atoms with Gasteiger partial charge in [-0.05, 0) is 16.7 Å². The number of aliphatic hydroxyl groups is 1. The maximum Gasteiger partial charge on any atom is 0.0713 e. The molecule has 0 aliphatic rings. The van der Waals surface area contributed by atoms with Gasteiger partial charge >= 0.3 is 0 Å². The lowest BCUT2D eigenvalue weighted by Gasteiger charge is -2.16. The maximum absolute atomic E-state index is 9.49. The summed E-state index contributed by atoms with van der Waals surface area (Å²) in [6, 6.07) is 18.3. The van der Waals surface area contributed by atoms with E-state index in [1.807, 2.05) is 30.3 Å². The summed E-state index contributed by atoms with van der Waals surface area (Å²) in [6.45, 7) is 1.45. The number of nitrogens with one attached hydrogen (secondary N) is 1. The zero-order valence-electron chi connectivity index (χ0n) is 11.8. The Balaban J connectivity index is 1.93. The minimum absolute atomic E-state index is 0.0325. The summed E-state index contributed by atoms with van der Waals surface area (Å²) in [4.78, 5) is 0. The molecule has 0 heterocycles. The molecule has 3 nitrogen and oxygen atoms in total. The molecule has 0 spiro atoms. The molecule has 2 aromatic carbocycles. The largest absolute Gasteiger partial charge is 0.394 e. The van der Waals surface area contributed by atoms with Crippen LogP contribution in [0.25, 0.3) is 0 Å². The van der Waals surface area contributed by atoms with E-state index in [1.165, 1.54) is 5.56 Å². The van der Waals surface area contributed by atoms with Gasteiger partial charge in [-0.1, -0.05) is 54.6 Å². The normalized spacial score (nSPS) is 12.3. The van der Waals surface area contributed by atoms with Crippen LogP contribution in [-0.4, -0.2) is 18.8 Å². The summed E-state index contributed by atoms with van der Waals surface area (Å²) in [5.74, 6) is 0. The van der Waals surface area contributed by atoms with Gasteiger partial charge in [0, 0.05) is 13.7 Å². The topological polar surface area (TPSA) is 41.5 Å². The molecule has 0 saturated heterocycles. The first-order valence-electron chi connectivity index (χ1n) is 6.79. The number of ether oxygens (including phenoxy) is 1. The average Bonchev–Trinajstić information content (AvgIpc) is 2.51. The number of methoxy groups -OCH3 is 1. The highest BCUT2D eigenvalue weighted by atomic mass is 16.5. The summed E-state index contributed by atoms with van der Waals surface area (Å²) >= 11 is 0. The van der Waals surface area contributed by atoms with E-state index >= 15 is 0 Å². The van der Waals surface area contributed by atoms with Crippen LogP contribution in [0.3, 0.4) is 0 Å². The first-order valence-corrected chi connectivity index (χ1v) is 6.79. The summed E-state index contributed by atoms with van der Waals surface area (Å²) in [5, 5.41) is 12.9. The number of rotatable bonds is 7. The summed E-state index contributed by atoms with van der Waals surface area (Å²) in [6.07, 6.45) is 0. The monoisotopic (exact) mass is 271 g/mol. The maximum atomic E-state index is 9.49. The number of benzene rings is 2. The van der Waals surface area contributed by atoms with Gasteiger partial charge in [0.15, 0.2) is 0 Å². The highest BCUT2D eigenvalue weighted by Crippen LogP contribution is 2.13. The van der Waals surface area contributed by atoms with Crippen molar-refractivity contribution in [3.8, 4) is 0 Å². The molecule has 0 fully saturated rings. The fourth-order valence-corrected chi connectivity index (χ4v) is 2.13. The zero-order chi connectivity index (χ0) is 14.2. The van der Waals surface area contributed by atoms with Crippen molar-refractivity contribution in [2.75, 3.05) is 13.7 Å². The summed E-state index contributed by atoms with van der Waals surface area (Å²) in [7, 11) is 1.70. The van der Waals surface area contributed by atoms with Crippen LogP contribution in [0.4, 0.5) is 0 Å². The van der Waals surface area contributed by atoms with Gasteiger partial charge < -0.3 is 15.2 Å². The molecule has 0 aliphatic carbocycles. The Morgan fingerprint density at radius 2 is 1.65 bits per heavy atom. The minimum Gasteiger partial charge on any atom is -0.394 e. The van der Waals surface area contributed by atoms with Gasteiger partial charge in [0.2, 0.25) is 0 Å². The Labute approximate surface area is 120 Å². The van der Waals surface area contributed by atoms with Crippen LogP contribution in [0.2, 0.25) is 0 Å². The molecule has 2 N–H and O–H groups in total. The van der Waals surface area contributed by atoms with Crippen molar-refractivity contribution in [2.24, 2.45) is 0 Å². The highest BCUT2D eigenvalue weighted by molar-refractivity contribution is 5.23. The van der Waals surface area contributed by atoms with E-state index in [1.54, 1.807) is 7.11 Å². The molecular weight excluding hydrogens is 250 g/mol. The van der Waals surface area contributed by atoms with Gasteiger partial charge in [0.1, 0.15) is 0 Å². The van der Waals surface area contributed by atoms with Gasteiger partial charge in [0.25, 0.3) is 0 Å². The van der Waals surface area contributed by atoms with Gasteiger partial charge in [-0.3, -0.25) is 0 Å². The van der Waals surface area contributed by atoms with E-state index in [9.17, 15) is 5.11 Å². The Bertz CT molecular complexity index is 496. The molecule has 0 aliphatic heterocycles. The van der Waals surface area contributed by atoms with E-state index in [0.717, 1.165) is 17.7 Å². The van der Waals surface area contributed by atoms with Crippen molar-refractivity contribution in [1.29, 1.82) is 0 Å². The van der Waals surface area contributed by atoms with Crippen molar-refractivity contribution in [2.45, 2.75) is 19.2 Å². The van der Waals surface area contributed by atoms with Crippen molar-refractivity contribution in [1.82, 2.24) is 5.32 Å². The first kappa shape index (κ1) is 14.7. The Morgan fingerprint density at radius 1 is 1.00 bits per heavy atom. The van der Waals surface area contributed by atoms with Crippen molar-refractivity contribution in [3.63, 3.8) is 0 Å². The smallest absolute Gasteiger partial charge is 0.0713 e. The molecular formula is C17H21NO2. The lowest BCUT2D eigenvalue weighted by molar-refractivity contribution is 0.185. The molecule has 0 amide bonds. The quantitative estimate of drug-likeness (QED) is 0.813. The molecule has 0 saturated carbocycles.